The molecule has 0 bridgehead atoms. The Bertz CT molecular complexity index is 1170. The lowest BCUT2D eigenvalue weighted by molar-refractivity contribution is -0.916. The van der Waals surface area contributed by atoms with E-state index >= 15 is 0 Å². The van der Waals surface area contributed by atoms with Crippen LogP contribution in [0.15, 0.2) is 35.7 Å². The molecule has 0 spiro atoms. The van der Waals surface area contributed by atoms with Crippen LogP contribution in [-0.4, -0.2) is 73.5 Å². The Morgan fingerprint density at radius 1 is 0.838 bits per heavy atom. The molecule has 2 rings (SSSR count). The molecule has 0 fully saturated rings. The Morgan fingerprint density at radius 3 is 1.89 bits per heavy atom. The molecule has 0 radical (unpaired) electrons. The Balaban J connectivity index is 2.29. The van der Waals surface area contributed by atoms with E-state index in [9.17, 15) is 13.2 Å². The second kappa shape index (κ2) is 13.2. The minimum absolute atomic E-state index is 0.0733. The predicted octanol–water partition coefficient (Wildman–Crippen LogP) is 4.51. The van der Waals surface area contributed by atoms with Crippen LogP contribution in [0.4, 0.5) is 5.69 Å². The van der Waals surface area contributed by atoms with Crippen molar-refractivity contribution in [1.82, 2.24) is 0 Å². The van der Waals surface area contributed by atoms with Crippen molar-refractivity contribution in [3.05, 3.63) is 46.0 Å². The van der Waals surface area contributed by atoms with Crippen LogP contribution in [0, 0.1) is 0 Å². The zero-order valence-corrected chi connectivity index (χ0v) is 23.3. The summed E-state index contributed by atoms with van der Waals surface area (Å²) in [6, 6.07) is 7.53. The van der Waals surface area contributed by atoms with E-state index in [2.05, 4.69) is 4.72 Å². The van der Waals surface area contributed by atoms with Crippen LogP contribution < -0.4 is 23.7 Å². The molecule has 37 heavy (non-hydrogen) atoms. The maximum Gasteiger partial charge on any atom is 0.367 e. The van der Waals surface area contributed by atoms with Gasteiger partial charge in [0.25, 0.3) is 0 Å². The van der Waals surface area contributed by atoms with Crippen LogP contribution in [0.1, 0.15) is 26.3 Å². The molecule has 11 heteroatoms. The third kappa shape index (κ3) is 7.77. The number of rotatable bonds is 14. The van der Waals surface area contributed by atoms with Gasteiger partial charge in [0.1, 0.15) is 27.3 Å². The van der Waals surface area contributed by atoms with Crippen LogP contribution in [0.25, 0.3) is 10.8 Å². The number of benzene rings is 2. The first-order chi connectivity index (χ1) is 17.6. The SMILES string of the molecule is CC[N+](CC)(CC)CC(=O)Oc1cc([N-]S(=O)(=O)/C=C/c2c(OC)cc(OC)cc2OC)ccc1OC. The average molecular weight is 537 g/mol. The maximum absolute atomic E-state index is 12.8. The van der Waals surface area contributed by atoms with E-state index in [1.165, 1.54) is 52.7 Å². The molecule has 0 atom stereocenters. The molecule has 0 aromatic heterocycles. The van der Waals surface area contributed by atoms with Gasteiger partial charge in [-0.2, -0.15) is 0 Å². The number of nitrogens with zero attached hydrogens (tertiary/aromatic N) is 2. The van der Waals surface area contributed by atoms with E-state index in [1.807, 2.05) is 20.8 Å². The van der Waals surface area contributed by atoms with Gasteiger partial charge < -0.3 is 32.9 Å². The molecule has 0 aliphatic heterocycles. The van der Waals surface area contributed by atoms with Gasteiger partial charge in [0.2, 0.25) is 0 Å². The Kier molecular flexibility index (Phi) is 10.6. The van der Waals surface area contributed by atoms with Crippen LogP contribution in [-0.2, 0) is 14.8 Å². The van der Waals surface area contributed by atoms with Gasteiger partial charge in [-0.1, -0.05) is 6.07 Å². The smallest absolute Gasteiger partial charge is 0.367 e. The van der Waals surface area contributed by atoms with E-state index in [0.717, 1.165) is 25.0 Å². The highest BCUT2D eigenvalue weighted by atomic mass is 32.2. The summed E-state index contributed by atoms with van der Waals surface area (Å²) in [7, 11) is 1.75. The first kappa shape index (κ1) is 29.8. The zero-order valence-electron chi connectivity index (χ0n) is 22.4. The fraction of sp³-hybridized carbons (Fsp3) is 0.423. The molecule has 0 N–H and O–H groups in total. The summed E-state index contributed by atoms with van der Waals surface area (Å²) in [5, 5.41) is 0.936. The summed E-state index contributed by atoms with van der Waals surface area (Å²) in [6.45, 7) is 8.59. The van der Waals surface area contributed by atoms with Crippen molar-refractivity contribution < 1.29 is 41.4 Å². The quantitative estimate of drug-likeness (QED) is 0.197. The first-order valence-electron chi connectivity index (χ1n) is 11.8. The molecule has 204 valence electrons. The third-order valence-corrected chi connectivity index (χ3v) is 7.19. The van der Waals surface area contributed by atoms with Gasteiger partial charge in [-0.05, 0) is 39.0 Å². The fourth-order valence-corrected chi connectivity index (χ4v) is 4.54. The van der Waals surface area contributed by atoms with Crippen molar-refractivity contribution in [3.63, 3.8) is 0 Å². The normalized spacial score (nSPS) is 11.8. The molecule has 10 nitrogen and oxygen atoms in total. The summed E-state index contributed by atoms with van der Waals surface area (Å²) < 4.78 is 56.8. The molecule has 0 amide bonds. The van der Waals surface area contributed by atoms with Gasteiger partial charge in [-0.25, -0.2) is 13.2 Å². The lowest BCUT2D eigenvalue weighted by atomic mass is 10.1. The number of methoxy groups -OCH3 is 4. The standard InChI is InChI=1S/C26H36N2O8S/c1-8-28(9-2,10-3)18-26(29)36-25-15-19(11-12-22(25)33-5)27-37(30,31)14-13-21-23(34-6)16-20(32-4)17-24(21)35-7/h11-17H,8-10,18H2,1-7H3/b14-13+. The van der Waals surface area contributed by atoms with Gasteiger partial charge in [0.15, 0.2) is 18.0 Å². The monoisotopic (exact) mass is 536 g/mol. The highest BCUT2D eigenvalue weighted by Crippen LogP contribution is 2.37. The minimum Gasteiger partial charge on any atom is -0.573 e. The zero-order chi connectivity index (χ0) is 27.6. The third-order valence-electron chi connectivity index (χ3n) is 6.24. The van der Waals surface area contributed by atoms with Crippen LogP contribution in [0.3, 0.4) is 0 Å². The van der Waals surface area contributed by atoms with E-state index in [0.29, 0.717) is 27.3 Å². The summed E-state index contributed by atoms with van der Waals surface area (Å²) in [5.74, 6) is 1.15. The van der Waals surface area contributed by atoms with E-state index in [1.54, 1.807) is 12.1 Å². The number of hydrogen-bond donors (Lipinski definition) is 0. The Labute approximate surface area is 219 Å². The highest BCUT2D eigenvalue weighted by molar-refractivity contribution is 7.97. The molecular weight excluding hydrogens is 500 g/mol. The lowest BCUT2D eigenvalue weighted by Gasteiger charge is -2.34. The molecule has 0 saturated heterocycles. The minimum atomic E-state index is -4.09. The van der Waals surface area contributed by atoms with Crippen LogP contribution in [0.5, 0.6) is 28.7 Å². The van der Waals surface area contributed by atoms with Gasteiger partial charge >= 0.3 is 5.97 Å². The highest BCUT2D eigenvalue weighted by Gasteiger charge is 2.26. The second-order valence-corrected chi connectivity index (χ2v) is 9.60. The molecule has 0 heterocycles. The number of sulfonamides is 1. The number of likely N-dealkylation sites (N-methyl/N-ethyl adjacent to an activating group) is 1. The topological polar surface area (TPSA) is 111 Å². The molecule has 0 unspecified atom stereocenters. The number of quaternary nitrogens is 1. The van der Waals surface area contributed by atoms with E-state index in [-0.39, 0.29) is 23.7 Å². The summed E-state index contributed by atoms with van der Waals surface area (Å²) in [5.41, 5.74) is 0.474. The molecule has 2 aromatic carbocycles. The van der Waals surface area contributed by atoms with Gasteiger partial charge in [0, 0.05) is 17.5 Å². The van der Waals surface area contributed by atoms with Crippen LogP contribution >= 0.6 is 0 Å². The average Bonchev–Trinajstić information content (AvgIpc) is 2.90. The number of hydrogen-bond acceptors (Lipinski definition) is 8. The van der Waals surface area contributed by atoms with Gasteiger partial charge in [-0.3, -0.25) is 0 Å². The second-order valence-electron chi connectivity index (χ2n) is 8.11. The summed E-state index contributed by atoms with van der Waals surface area (Å²) >= 11 is 0. The molecule has 0 aliphatic carbocycles. The fourth-order valence-electron chi connectivity index (χ4n) is 3.77. The largest absolute Gasteiger partial charge is 0.573 e. The summed E-state index contributed by atoms with van der Waals surface area (Å²) in [6.07, 6.45) is 1.33. The Hall–Kier alpha value is -3.44. The predicted molar refractivity (Wildman–Crippen MR) is 142 cm³/mol. The van der Waals surface area contributed by atoms with Crippen molar-refractivity contribution >= 4 is 27.8 Å². The Morgan fingerprint density at radius 2 is 1.41 bits per heavy atom. The van der Waals surface area contributed by atoms with Gasteiger partial charge in [0.05, 0.1) is 53.6 Å². The van der Waals surface area contributed by atoms with E-state index in [4.69, 9.17) is 23.7 Å². The number of esters is 1. The van der Waals surface area contributed by atoms with E-state index < -0.39 is 16.0 Å². The first-order valence-corrected chi connectivity index (χ1v) is 13.3. The van der Waals surface area contributed by atoms with Crippen molar-refractivity contribution in [2.75, 3.05) is 54.6 Å². The lowest BCUT2D eigenvalue weighted by Crippen LogP contribution is -2.51. The number of carbonyl (C=O) groups excluding carboxylic acids is 1. The van der Waals surface area contributed by atoms with Crippen molar-refractivity contribution in [2.45, 2.75) is 20.8 Å². The molecule has 2 aromatic rings. The molecule has 0 saturated carbocycles. The van der Waals surface area contributed by atoms with Crippen LogP contribution in [0.2, 0.25) is 0 Å². The van der Waals surface area contributed by atoms with Crippen molar-refractivity contribution in [3.8, 4) is 28.7 Å². The van der Waals surface area contributed by atoms with Crippen molar-refractivity contribution in [2.24, 2.45) is 0 Å². The van der Waals surface area contributed by atoms with Gasteiger partial charge in [-0.15, -0.1) is 5.69 Å². The summed E-state index contributed by atoms with van der Waals surface area (Å²) in [4.78, 5) is 12.7. The maximum atomic E-state index is 12.8. The molecule has 0 aliphatic rings. The number of ether oxygens (including phenoxy) is 5. The van der Waals surface area contributed by atoms with Crippen molar-refractivity contribution in [1.29, 1.82) is 0 Å². The molecular formula is C26H36N2O8S. The number of carbonyl (C=O) groups is 1.